The molecule has 0 amide bonds. The van der Waals surface area contributed by atoms with Crippen LogP contribution in [0.1, 0.15) is 336 Å². The van der Waals surface area contributed by atoms with Crippen molar-refractivity contribution in [3.05, 3.63) is 0 Å². The third-order valence-corrected chi connectivity index (χ3v) is 15.4. The van der Waals surface area contributed by atoms with Gasteiger partial charge in [-0.15, -0.1) is 0 Å². The molecule has 0 aromatic rings. The van der Waals surface area contributed by atoms with Gasteiger partial charge in [-0.2, -0.15) is 0 Å². The molecule has 442 valence electrons. The molecule has 0 unspecified atom stereocenters. The maximum atomic E-state index is 13.0. The maximum absolute atomic E-state index is 13.0. The Morgan fingerprint density at radius 1 is 0.284 bits per heavy atom. The molecule has 74 heavy (non-hydrogen) atoms. The van der Waals surface area contributed by atoms with Crippen molar-refractivity contribution in [3.8, 4) is 0 Å². The van der Waals surface area contributed by atoms with Crippen LogP contribution in [0.3, 0.4) is 0 Å². The fourth-order valence-corrected chi connectivity index (χ4v) is 10.4. The van der Waals surface area contributed by atoms with Crippen LogP contribution in [-0.4, -0.2) is 100 Å². The van der Waals surface area contributed by atoms with Crippen molar-refractivity contribution in [1.29, 1.82) is 0 Å². The number of esters is 2. The van der Waals surface area contributed by atoms with E-state index < -0.39 is 0 Å². The van der Waals surface area contributed by atoms with Crippen LogP contribution in [-0.2, 0) is 28.5 Å². The van der Waals surface area contributed by atoms with E-state index in [1.54, 1.807) is 0 Å². The molecular formula is C66H132N2O6. The Bertz CT molecular complexity index is 1060. The second kappa shape index (κ2) is 62.6. The highest BCUT2D eigenvalue weighted by Gasteiger charge is 2.15. The highest BCUT2D eigenvalue weighted by Crippen LogP contribution is 2.19. The van der Waals surface area contributed by atoms with Crippen LogP contribution in [0.2, 0.25) is 0 Å². The van der Waals surface area contributed by atoms with Crippen molar-refractivity contribution >= 4 is 11.9 Å². The minimum Gasteiger partial charge on any atom is -0.466 e. The number of ether oxygens (including phenoxy) is 4. The van der Waals surface area contributed by atoms with Crippen molar-refractivity contribution < 1.29 is 28.5 Å². The molecule has 0 aliphatic rings. The van der Waals surface area contributed by atoms with Gasteiger partial charge in [0.2, 0.25) is 0 Å². The standard InChI is InChI=1S/C66H132N2O6/c1-6-11-16-21-26-35-44-53-67(54-45-36-27-22-17-12-7-2)57-60-71-62-63-72-61-58-68(55-46-37-29-33-42-51-65(69)73-59-48-39-28-23-18-13-8-3)56-47-38-30-34-43-52-66(70)74-64(49-40-31-24-19-14-9-4)50-41-32-25-20-15-10-5/h64H,6-63H2,1-5H3. The van der Waals surface area contributed by atoms with E-state index >= 15 is 0 Å². The number of unbranched alkanes of at least 4 members (excludes halogenated alkanes) is 36. The van der Waals surface area contributed by atoms with E-state index in [4.69, 9.17) is 18.9 Å². The molecule has 0 fully saturated rings. The summed E-state index contributed by atoms with van der Waals surface area (Å²) in [4.78, 5) is 30.5. The first kappa shape index (κ1) is 72.8. The largest absolute Gasteiger partial charge is 0.466 e. The van der Waals surface area contributed by atoms with Gasteiger partial charge in [-0.25, -0.2) is 0 Å². The topological polar surface area (TPSA) is 77.5 Å². The summed E-state index contributed by atoms with van der Waals surface area (Å²) < 4.78 is 24.0. The zero-order valence-electron chi connectivity index (χ0n) is 50.9. The van der Waals surface area contributed by atoms with Crippen LogP contribution < -0.4 is 0 Å². The quantitative estimate of drug-likeness (QED) is 0.0440. The first-order valence-electron chi connectivity index (χ1n) is 33.5. The zero-order chi connectivity index (χ0) is 53.7. The Morgan fingerprint density at radius 3 is 0.919 bits per heavy atom. The molecule has 8 nitrogen and oxygen atoms in total. The first-order chi connectivity index (χ1) is 36.5. The monoisotopic (exact) mass is 1050 g/mol. The average molecular weight is 1050 g/mol. The van der Waals surface area contributed by atoms with Crippen molar-refractivity contribution in [2.24, 2.45) is 0 Å². The molecule has 0 spiro atoms. The van der Waals surface area contributed by atoms with Crippen LogP contribution in [0.15, 0.2) is 0 Å². The summed E-state index contributed by atoms with van der Waals surface area (Å²) in [5, 5.41) is 0. The number of carbonyl (C=O) groups excluding carboxylic acids is 2. The van der Waals surface area contributed by atoms with Crippen LogP contribution in [0.5, 0.6) is 0 Å². The molecule has 0 rings (SSSR count). The van der Waals surface area contributed by atoms with Gasteiger partial charge in [0.1, 0.15) is 6.10 Å². The summed E-state index contributed by atoms with van der Waals surface area (Å²) in [6.07, 6.45) is 57.7. The van der Waals surface area contributed by atoms with Crippen molar-refractivity contribution in [2.45, 2.75) is 343 Å². The number of rotatable bonds is 64. The minimum atomic E-state index is -0.0155. The molecule has 0 heterocycles. The van der Waals surface area contributed by atoms with Gasteiger partial charge in [-0.3, -0.25) is 9.59 Å². The number of carbonyl (C=O) groups is 2. The summed E-state index contributed by atoms with van der Waals surface area (Å²) in [5.74, 6) is 0.0140. The number of nitrogens with zero attached hydrogens (tertiary/aromatic N) is 2. The Balaban J connectivity index is 4.79. The van der Waals surface area contributed by atoms with Gasteiger partial charge in [0.25, 0.3) is 0 Å². The number of hydrogen-bond donors (Lipinski definition) is 0. The highest BCUT2D eigenvalue weighted by atomic mass is 16.5. The lowest BCUT2D eigenvalue weighted by Gasteiger charge is -2.23. The van der Waals surface area contributed by atoms with Crippen molar-refractivity contribution in [3.63, 3.8) is 0 Å². The lowest BCUT2D eigenvalue weighted by Crippen LogP contribution is -2.31. The van der Waals surface area contributed by atoms with E-state index in [0.717, 1.165) is 84.3 Å². The Morgan fingerprint density at radius 2 is 0.568 bits per heavy atom. The van der Waals surface area contributed by atoms with Gasteiger partial charge in [-0.1, -0.05) is 253 Å². The average Bonchev–Trinajstić information content (AvgIpc) is 3.40. The highest BCUT2D eigenvalue weighted by molar-refractivity contribution is 5.69. The van der Waals surface area contributed by atoms with Crippen LogP contribution >= 0.6 is 0 Å². The second-order valence-electron chi connectivity index (χ2n) is 22.8. The lowest BCUT2D eigenvalue weighted by atomic mass is 10.0. The molecule has 0 aliphatic carbocycles. The van der Waals surface area contributed by atoms with E-state index in [2.05, 4.69) is 44.4 Å². The van der Waals surface area contributed by atoms with Gasteiger partial charge in [-0.05, 0) is 96.8 Å². The Labute approximate surface area is 463 Å². The van der Waals surface area contributed by atoms with E-state index in [9.17, 15) is 9.59 Å². The molecule has 0 aromatic heterocycles. The Kier molecular flexibility index (Phi) is 61.6. The molecule has 0 saturated heterocycles. The maximum Gasteiger partial charge on any atom is 0.306 e. The summed E-state index contributed by atoms with van der Waals surface area (Å²) >= 11 is 0. The second-order valence-corrected chi connectivity index (χ2v) is 22.8. The van der Waals surface area contributed by atoms with Gasteiger partial charge in [0.05, 0.1) is 33.0 Å². The van der Waals surface area contributed by atoms with Crippen LogP contribution in [0, 0.1) is 0 Å². The SMILES string of the molecule is CCCCCCCCCOC(=O)CCCCCCCN(CCCCCCCC(=O)OC(CCCCCCCC)CCCCCCCC)CCOCCOCCN(CCCCCCCCC)CCCCCCCCC. The van der Waals surface area contributed by atoms with E-state index in [1.807, 2.05) is 0 Å². The van der Waals surface area contributed by atoms with Crippen LogP contribution in [0.25, 0.3) is 0 Å². The summed E-state index contributed by atoms with van der Waals surface area (Å²) in [5.41, 5.74) is 0. The van der Waals surface area contributed by atoms with Gasteiger partial charge in [0, 0.05) is 25.9 Å². The summed E-state index contributed by atoms with van der Waals surface area (Å²) in [7, 11) is 0. The van der Waals surface area contributed by atoms with Crippen LogP contribution in [0.4, 0.5) is 0 Å². The van der Waals surface area contributed by atoms with Gasteiger partial charge in [0.15, 0.2) is 0 Å². The lowest BCUT2D eigenvalue weighted by molar-refractivity contribution is -0.150. The zero-order valence-corrected chi connectivity index (χ0v) is 50.9. The summed E-state index contributed by atoms with van der Waals surface area (Å²) in [6, 6.07) is 0. The van der Waals surface area contributed by atoms with Gasteiger partial charge >= 0.3 is 11.9 Å². The smallest absolute Gasteiger partial charge is 0.306 e. The van der Waals surface area contributed by atoms with E-state index in [-0.39, 0.29) is 18.0 Å². The van der Waals surface area contributed by atoms with Gasteiger partial charge < -0.3 is 28.7 Å². The first-order valence-corrected chi connectivity index (χ1v) is 33.5. The molecule has 0 aromatic carbocycles. The third-order valence-electron chi connectivity index (χ3n) is 15.4. The predicted molar refractivity (Wildman–Crippen MR) is 321 cm³/mol. The third kappa shape index (κ3) is 57.0. The minimum absolute atomic E-state index is 0.0155. The fraction of sp³-hybridized carbons (Fsp3) is 0.970. The normalized spacial score (nSPS) is 11.8. The molecule has 0 radical (unpaired) electrons. The summed E-state index contributed by atoms with van der Waals surface area (Å²) in [6.45, 7) is 21.5. The molecule has 8 heteroatoms. The molecule has 0 bridgehead atoms. The molecule has 0 atom stereocenters. The molecule has 0 saturated carbocycles. The van der Waals surface area contributed by atoms with Crippen molar-refractivity contribution in [1.82, 2.24) is 9.80 Å². The Hall–Kier alpha value is -1.22. The molecule has 0 N–H and O–H groups in total. The molecule has 0 aliphatic heterocycles. The number of hydrogen-bond acceptors (Lipinski definition) is 8. The molecular weight excluding hydrogens is 917 g/mol. The van der Waals surface area contributed by atoms with E-state index in [0.29, 0.717) is 32.7 Å². The van der Waals surface area contributed by atoms with Crippen molar-refractivity contribution in [2.75, 3.05) is 72.3 Å². The fourth-order valence-electron chi connectivity index (χ4n) is 10.4. The van der Waals surface area contributed by atoms with E-state index in [1.165, 1.54) is 257 Å². The predicted octanol–water partition coefficient (Wildman–Crippen LogP) is 19.5.